The van der Waals surface area contributed by atoms with Gasteiger partial charge in [-0.25, -0.2) is 5.48 Å². The van der Waals surface area contributed by atoms with Crippen LogP contribution in [0.5, 0.6) is 11.5 Å². The van der Waals surface area contributed by atoms with Crippen molar-refractivity contribution in [2.75, 3.05) is 7.11 Å². The number of aromatic hydroxyl groups is 1. The van der Waals surface area contributed by atoms with Gasteiger partial charge >= 0.3 is 0 Å². The van der Waals surface area contributed by atoms with Crippen molar-refractivity contribution in [3.63, 3.8) is 0 Å². The number of phenols is 1. The number of benzene rings is 1. The number of methoxy groups -OCH3 is 1. The average molecular weight is 211 g/mol. The molecule has 0 radical (unpaired) electrons. The van der Waals surface area contributed by atoms with Gasteiger partial charge < -0.3 is 15.1 Å². The van der Waals surface area contributed by atoms with E-state index in [-0.39, 0.29) is 11.8 Å². The first-order valence-corrected chi connectivity index (χ1v) is 4.96. The van der Waals surface area contributed by atoms with Gasteiger partial charge in [0, 0.05) is 6.04 Å². The SMILES string of the molecule is CCC(Cc1ccc(O)c(OC)c1)NO. The van der Waals surface area contributed by atoms with Crippen molar-refractivity contribution in [3.05, 3.63) is 23.8 Å². The fraction of sp³-hybridized carbons (Fsp3) is 0.455. The second-order valence-electron chi connectivity index (χ2n) is 3.44. The highest BCUT2D eigenvalue weighted by atomic mass is 16.5. The standard InChI is InChI=1S/C11H17NO3/c1-3-9(12-14)6-8-4-5-10(13)11(7-8)15-2/h4-5,7,9,12-14H,3,6H2,1-2H3. The zero-order chi connectivity index (χ0) is 11.3. The van der Waals surface area contributed by atoms with Crippen LogP contribution in [0.2, 0.25) is 0 Å². The van der Waals surface area contributed by atoms with Gasteiger partial charge in [-0.05, 0) is 30.5 Å². The lowest BCUT2D eigenvalue weighted by molar-refractivity contribution is 0.123. The zero-order valence-corrected chi connectivity index (χ0v) is 9.03. The van der Waals surface area contributed by atoms with Gasteiger partial charge in [-0.3, -0.25) is 0 Å². The molecule has 0 aromatic heterocycles. The maximum atomic E-state index is 9.39. The lowest BCUT2D eigenvalue weighted by Gasteiger charge is -2.13. The summed E-state index contributed by atoms with van der Waals surface area (Å²) in [5, 5.41) is 18.2. The van der Waals surface area contributed by atoms with Crippen LogP contribution in [-0.4, -0.2) is 23.5 Å². The van der Waals surface area contributed by atoms with Gasteiger partial charge in [0.2, 0.25) is 0 Å². The monoisotopic (exact) mass is 211 g/mol. The van der Waals surface area contributed by atoms with Gasteiger partial charge in [0.25, 0.3) is 0 Å². The third-order valence-corrected chi connectivity index (χ3v) is 2.40. The van der Waals surface area contributed by atoms with Crippen molar-refractivity contribution in [1.29, 1.82) is 0 Å². The normalized spacial score (nSPS) is 12.5. The van der Waals surface area contributed by atoms with E-state index in [2.05, 4.69) is 5.48 Å². The number of hydrogen-bond acceptors (Lipinski definition) is 4. The Balaban J connectivity index is 2.77. The maximum absolute atomic E-state index is 9.39. The van der Waals surface area contributed by atoms with Crippen LogP contribution < -0.4 is 10.2 Å². The van der Waals surface area contributed by atoms with Crippen LogP contribution >= 0.6 is 0 Å². The second kappa shape index (κ2) is 5.58. The molecule has 0 heterocycles. The minimum atomic E-state index is 0.0271. The Morgan fingerprint density at radius 2 is 2.20 bits per heavy atom. The van der Waals surface area contributed by atoms with E-state index in [0.29, 0.717) is 12.2 Å². The number of hydroxylamine groups is 1. The van der Waals surface area contributed by atoms with Crippen LogP contribution in [0.3, 0.4) is 0 Å². The van der Waals surface area contributed by atoms with Gasteiger partial charge in [-0.1, -0.05) is 13.0 Å². The Bertz CT molecular complexity index is 311. The molecule has 15 heavy (non-hydrogen) atoms. The summed E-state index contributed by atoms with van der Waals surface area (Å²) in [5.74, 6) is 0.589. The Hall–Kier alpha value is -1.26. The first kappa shape index (κ1) is 11.8. The zero-order valence-electron chi connectivity index (χ0n) is 9.03. The smallest absolute Gasteiger partial charge is 0.160 e. The molecule has 1 rings (SSSR count). The van der Waals surface area contributed by atoms with E-state index in [9.17, 15) is 5.11 Å². The van der Waals surface area contributed by atoms with Crippen molar-refractivity contribution in [1.82, 2.24) is 5.48 Å². The lowest BCUT2D eigenvalue weighted by atomic mass is 10.0. The highest BCUT2D eigenvalue weighted by molar-refractivity contribution is 5.41. The summed E-state index contributed by atoms with van der Waals surface area (Å²) in [6, 6.07) is 5.21. The molecule has 4 heteroatoms. The highest BCUT2D eigenvalue weighted by Crippen LogP contribution is 2.26. The second-order valence-corrected chi connectivity index (χ2v) is 3.44. The van der Waals surface area contributed by atoms with Gasteiger partial charge in [-0.2, -0.15) is 0 Å². The first-order valence-electron chi connectivity index (χ1n) is 4.96. The molecule has 3 N–H and O–H groups in total. The largest absolute Gasteiger partial charge is 0.504 e. The molecule has 0 saturated carbocycles. The number of ether oxygens (including phenoxy) is 1. The summed E-state index contributed by atoms with van der Waals surface area (Å²) in [4.78, 5) is 0. The summed E-state index contributed by atoms with van der Waals surface area (Å²) < 4.78 is 5.00. The van der Waals surface area contributed by atoms with E-state index in [4.69, 9.17) is 9.94 Å². The van der Waals surface area contributed by atoms with Crippen LogP contribution in [-0.2, 0) is 6.42 Å². The summed E-state index contributed by atoms with van der Waals surface area (Å²) in [6.07, 6.45) is 1.53. The summed E-state index contributed by atoms with van der Waals surface area (Å²) in [5.41, 5.74) is 3.26. The third-order valence-electron chi connectivity index (χ3n) is 2.40. The van der Waals surface area contributed by atoms with Gasteiger partial charge in [-0.15, -0.1) is 0 Å². The fourth-order valence-electron chi connectivity index (χ4n) is 1.41. The molecular formula is C11H17NO3. The fourth-order valence-corrected chi connectivity index (χ4v) is 1.41. The Kier molecular flexibility index (Phi) is 4.39. The Morgan fingerprint density at radius 3 is 2.73 bits per heavy atom. The van der Waals surface area contributed by atoms with Crippen LogP contribution in [0.1, 0.15) is 18.9 Å². The molecular weight excluding hydrogens is 194 g/mol. The van der Waals surface area contributed by atoms with E-state index in [1.807, 2.05) is 13.0 Å². The van der Waals surface area contributed by atoms with E-state index in [1.165, 1.54) is 7.11 Å². The van der Waals surface area contributed by atoms with Crippen LogP contribution in [0.25, 0.3) is 0 Å². The number of rotatable bonds is 5. The van der Waals surface area contributed by atoms with Crippen LogP contribution in [0, 0.1) is 0 Å². The predicted molar refractivity (Wildman–Crippen MR) is 57.4 cm³/mol. The van der Waals surface area contributed by atoms with Crippen molar-refractivity contribution < 1.29 is 15.1 Å². The van der Waals surface area contributed by atoms with E-state index in [0.717, 1.165) is 12.0 Å². The summed E-state index contributed by atoms with van der Waals surface area (Å²) >= 11 is 0. The van der Waals surface area contributed by atoms with Gasteiger partial charge in [0.1, 0.15) is 0 Å². The number of nitrogens with one attached hydrogen (secondary N) is 1. The molecule has 0 spiro atoms. The van der Waals surface area contributed by atoms with Crippen LogP contribution in [0.15, 0.2) is 18.2 Å². The maximum Gasteiger partial charge on any atom is 0.160 e. The van der Waals surface area contributed by atoms with Crippen molar-refractivity contribution >= 4 is 0 Å². The lowest BCUT2D eigenvalue weighted by Crippen LogP contribution is -2.27. The minimum absolute atomic E-state index is 0.0271. The average Bonchev–Trinajstić information content (AvgIpc) is 2.28. The Labute approximate surface area is 89.5 Å². The molecule has 84 valence electrons. The number of hydrogen-bond donors (Lipinski definition) is 3. The van der Waals surface area contributed by atoms with Crippen molar-refractivity contribution in [2.24, 2.45) is 0 Å². The predicted octanol–water partition coefficient (Wildman–Crippen LogP) is 1.70. The molecule has 0 aliphatic rings. The topological polar surface area (TPSA) is 61.7 Å². The van der Waals surface area contributed by atoms with Crippen molar-refractivity contribution in [3.8, 4) is 11.5 Å². The molecule has 0 saturated heterocycles. The highest BCUT2D eigenvalue weighted by Gasteiger charge is 2.08. The van der Waals surface area contributed by atoms with Gasteiger partial charge in [0.05, 0.1) is 7.11 Å². The molecule has 1 aromatic rings. The summed E-state index contributed by atoms with van der Waals surface area (Å²) in [6.45, 7) is 1.99. The molecule has 0 aliphatic carbocycles. The molecule has 0 fully saturated rings. The van der Waals surface area contributed by atoms with Crippen LogP contribution in [0.4, 0.5) is 0 Å². The van der Waals surface area contributed by atoms with Crippen molar-refractivity contribution in [2.45, 2.75) is 25.8 Å². The molecule has 0 aliphatic heterocycles. The first-order chi connectivity index (χ1) is 7.21. The summed E-state index contributed by atoms with van der Waals surface area (Å²) in [7, 11) is 1.51. The number of phenolic OH excluding ortho intramolecular Hbond substituents is 1. The quantitative estimate of drug-likeness (QED) is 0.649. The van der Waals surface area contributed by atoms with Gasteiger partial charge in [0.15, 0.2) is 11.5 Å². The third kappa shape index (κ3) is 3.11. The van der Waals surface area contributed by atoms with E-state index in [1.54, 1.807) is 12.1 Å². The molecule has 1 aromatic carbocycles. The molecule has 0 bridgehead atoms. The minimum Gasteiger partial charge on any atom is -0.504 e. The molecule has 0 amide bonds. The Morgan fingerprint density at radius 1 is 1.47 bits per heavy atom. The van der Waals surface area contributed by atoms with E-state index < -0.39 is 0 Å². The van der Waals surface area contributed by atoms with E-state index >= 15 is 0 Å². The molecule has 4 nitrogen and oxygen atoms in total. The molecule has 1 unspecified atom stereocenters. The molecule has 1 atom stereocenters.